The predicted octanol–water partition coefficient (Wildman–Crippen LogP) is 4.63. The van der Waals surface area contributed by atoms with Crippen LogP contribution in [0.3, 0.4) is 0 Å². The molecule has 0 saturated heterocycles. The van der Waals surface area contributed by atoms with Crippen LogP contribution in [-0.4, -0.2) is 19.7 Å². The Morgan fingerprint density at radius 2 is 1.95 bits per heavy atom. The quantitative estimate of drug-likeness (QED) is 0.632. The highest BCUT2D eigenvalue weighted by molar-refractivity contribution is 9.10. The molecule has 1 rings (SSSR count). The molecular weight excluding hydrogens is 302 g/mol. The minimum absolute atomic E-state index is 0.749. The van der Waals surface area contributed by atoms with Gasteiger partial charge in [0.15, 0.2) is 0 Å². The van der Waals surface area contributed by atoms with Crippen molar-refractivity contribution < 1.29 is 4.74 Å². The van der Waals surface area contributed by atoms with E-state index in [1.54, 1.807) is 0 Å². The summed E-state index contributed by atoms with van der Waals surface area (Å²) in [5.74, 6) is 1.70. The SMILES string of the molecule is CC(C)CNCCCCCCOc1cccc(Br)c1. The van der Waals surface area contributed by atoms with Gasteiger partial charge in [0.2, 0.25) is 0 Å². The maximum atomic E-state index is 5.70. The van der Waals surface area contributed by atoms with Gasteiger partial charge in [0, 0.05) is 4.47 Å². The molecule has 0 radical (unpaired) electrons. The molecule has 1 aromatic rings. The van der Waals surface area contributed by atoms with E-state index in [2.05, 4.69) is 35.1 Å². The number of hydrogen-bond donors (Lipinski definition) is 1. The van der Waals surface area contributed by atoms with E-state index in [9.17, 15) is 0 Å². The van der Waals surface area contributed by atoms with Crippen molar-refractivity contribution in [2.24, 2.45) is 5.92 Å². The first-order valence-electron chi connectivity index (χ1n) is 7.27. The molecule has 0 aliphatic heterocycles. The van der Waals surface area contributed by atoms with Crippen molar-refractivity contribution in [3.8, 4) is 5.75 Å². The fraction of sp³-hybridized carbons (Fsp3) is 0.625. The average Bonchev–Trinajstić information content (AvgIpc) is 2.36. The zero-order valence-corrected chi connectivity index (χ0v) is 13.7. The van der Waals surface area contributed by atoms with Crippen molar-refractivity contribution >= 4 is 15.9 Å². The lowest BCUT2D eigenvalue weighted by Crippen LogP contribution is -2.20. The van der Waals surface area contributed by atoms with Gasteiger partial charge >= 0.3 is 0 Å². The number of unbranched alkanes of at least 4 members (excludes halogenated alkanes) is 3. The summed E-state index contributed by atoms with van der Waals surface area (Å²) in [6, 6.07) is 8.02. The second-order valence-corrected chi connectivity index (χ2v) is 6.23. The number of benzene rings is 1. The zero-order valence-electron chi connectivity index (χ0n) is 12.1. The van der Waals surface area contributed by atoms with Crippen molar-refractivity contribution in [1.29, 1.82) is 0 Å². The molecule has 0 spiro atoms. The third-order valence-corrected chi connectivity index (χ3v) is 3.36. The maximum absolute atomic E-state index is 5.70. The largest absolute Gasteiger partial charge is 0.494 e. The van der Waals surface area contributed by atoms with E-state index >= 15 is 0 Å². The monoisotopic (exact) mass is 327 g/mol. The van der Waals surface area contributed by atoms with Crippen LogP contribution in [0.25, 0.3) is 0 Å². The molecule has 3 heteroatoms. The van der Waals surface area contributed by atoms with Gasteiger partial charge in [-0.15, -0.1) is 0 Å². The summed E-state index contributed by atoms with van der Waals surface area (Å²) in [6.45, 7) is 7.57. The third kappa shape index (κ3) is 9.06. The first kappa shape index (κ1) is 16.5. The van der Waals surface area contributed by atoms with Gasteiger partial charge < -0.3 is 10.1 Å². The van der Waals surface area contributed by atoms with E-state index in [-0.39, 0.29) is 0 Å². The van der Waals surface area contributed by atoms with E-state index in [1.807, 2.05) is 24.3 Å². The predicted molar refractivity (Wildman–Crippen MR) is 85.8 cm³/mol. The van der Waals surface area contributed by atoms with Crippen LogP contribution in [0.2, 0.25) is 0 Å². The molecule has 2 nitrogen and oxygen atoms in total. The molecule has 0 fully saturated rings. The summed E-state index contributed by atoms with van der Waals surface area (Å²) in [5.41, 5.74) is 0. The summed E-state index contributed by atoms with van der Waals surface area (Å²) in [7, 11) is 0. The van der Waals surface area contributed by atoms with Gasteiger partial charge in [0.25, 0.3) is 0 Å². The van der Waals surface area contributed by atoms with Gasteiger partial charge in [-0.1, -0.05) is 48.7 Å². The van der Waals surface area contributed by atoms with E-state index in [1.165, 1.54) is 19.3 Å². The first-order chi connectivity index (χ1) is 9.18. The summed E-state index contributed by atoms with van der Waals surface area (Å²) in [4.78, 5) is 0. The van der Waals surface area contributed by atoms with Gasteiger partial charge in [0.1, 0.15) is 5.75 Å². The Labute approximate surface area is 126 Å². The van der Waals surface area contributed by atoms with Crippen molar-refractivity contribution in [3.05, 3.63) is 28.7 Å². The van der Waals surface area contributed by atoms with Crippen molar-refractivity contribution in [2.75, 3.05) is 19.7 Å². The number of ether oxygens (including phenoxy) is 1. The van der Waals surface area contributed by atoms with Crippen LogP contribution in [0.5, 0.6) is 5.75 Å². The van der Waals surface area contributed by atoms with Gasteiger partial charge in [-0.25, -0.2) is 0 Å². The van der Waals surface area contributed by atoms with E-state index < -0.39 is 0 Å². The Balaban J connectivity index is 1.91. The highest BCUT2D eigenvalue weighted by atomic mass is 79.9. The number of hydrogen-bond acceptors (Lipinski definition) is 2. The summed E-state index contributed by atoms with van der Waals surface area (Å²) in [5, 5.41) is 3.47. The Morgan fingerprint density at radius 1 is 1.16 bits per heavy atom. The molecule has 0 aliphatic carbocycles. The minimum Gasteiger partial charge on any atom is -0.494 e. The lowest BCUT2D eigenvalue weighted by atomic mass is 10.2. The highest BCUT2D eigenvalue weighted by Crippen LogP contribution is 2.18. The summed E-state index contributed by atoms with van der Waals surface area (Å²) >= 11 is 3.44. The molecule has 0 aromatic heterocycles. The van der Waals surface area contributed by atoms with Crippen LogP contribution in [0.4, 0.5) is 0 Å². The second-order valence-electron chi connectivity index (χ2n) is 5.32. The van der Waals surface area contributed by atoms with Crippen molar-refractivity contribution in [2.45, 2.75) is 39.5 Å². The van der Waals surface area contributed by atoms with E-state index in [0.717, 1.165) is 42.3 Å². The number of halogens is 1. The molecule has 0 bridgehead atoms. The molecule has 0 heterocycles. The lowest BCUT2D eigenvalue weighted by Gasteiger charge is -2.08. The molecule has 1 aromatic carbocycles. The van der Waals surface area contributed by atoms with Gasteiger partial charge in [-0.05, 0) is 50.0 Å². The summed E-state index contributed by atoms with van der Waals surface area (Å²) in [6.07, 6.45) is 4.94. The van der Waals surface area contributed by atoms with Crippen LogP contribution >= 0.6 is 15.9 Å². The summed E-state index contributed by atoms with van der Waals surface area (Å²) < 4.78 is 6.77. The highest BCUT2D eigenvalue weighted by Gasteiger charge is 1.96. The Kier molecular flexibility index (Phi) is 8.93. The molecule has 1 N–H and O–H groups in total. The Morgan fingerprint density at radius 3 is 2.68 bits per heavy atom. The molecule has 0 amide bonds. The van der Waals surface area contributed by atoms with Crippen LogP contribution in [-0.2, 0) is 0 Å². The van der Waals surface area contributed by atoms with Crippen molar-refractivity contribution in [1.82, 2.24) is 5.32 Å². The van der Waals surface area contributed by atoms with Gasteiger partial charge in [0.05, 0.1) is 6.61 Å². The smallest absolute Gasteiger partial charge is 0.120 e. The third-order valence-electron chi connectivity index (χ3n) is 2.87. The van der Waals surface area contributed by atoms with E-state index in [4.69, 9.17) is 4.74 Å². The van der Waals surface area contributed by atoms with Crippen LogP contribution in [0.15, 0.2) is 28.7 Å². The number of rotatable bonds is 10. The topological polar surface area (TPSA) is 21.3 Å². The molecule has 19 heavy (non-hydrogen) atoms. The molecule has 0 saturated carbocycles. The lowest BCUT2D eigenvalue weighted by molar-refractivity contribution is 0.304. The molecule has 0 aliphatic rings. The van der Waals surface area contributed by atoms with Gasteiger partial charge in [-0.3, -0.25) is 0 Å². The fourth-order valence-corrected chi connectivity index (χ4v) is 2.22. The average molecular weight is 328 g/mol. The fourth-order valence-electron chi connectivity index (χ4n) is 1.84. The van der Waals surface area contributed by atoms with Crippen LogP contribution in [0, 0.1) is 5.92 Å². The zero-order chi connectivity index (χ0) is 13.9. The molecule has 0 atom stereocenters. The standard InChI is InChI=1S/C16H26BrNO/c1-14(2)13-18-10-5-3-4-6-11-19-16-9-7-8-15(17)12-16/h7-9,12,14,18H,3-6,10-11,13H2,1-2H3. The second kappa shape index (κ2) is 10.3. The molecular formula is C16H26BrNO. The Hall–Kier alpha value is -0.540. The number of nitrogens with one attached hydrogen (secondary N) is 1. The molecule has 0 unspecified atom stereocenters. The maximum Gasteiger partial charge on any atom is 0.120 e. The normalized spacial score (nSPS) is 10.9. The van der Waals surface area contributed by atoms with Crippen LogP contribution in [0.1, 0.15) is 39.5 Å². The van der Waals surface area contributed by atoms with Crippen LogP contribution < -0.4 is 10.1 Å². The minimum atomic E-state index is 0.749. The first-order valence-corrected chi connectivity index (χ1v) is 8.07. The van der Waals surface area contributed by atoms with Gasteiger partial charge in [-0.2, -0.15) is 0 Å². The molecule has 108 valence electrons. The van der Waals surface area contributed by atoms with E-state index in [0.29, 0.717) is 0 Å². The Bertz CT molecular complexity index is 341. The van der Waals surface area contributed by atoms with Crippen molar-refractivity contribution in [3.63, 3.8) is 0 Å².